The first-order valence-electron chi connectivity index (χ1n) is 6.64. The van der Waals surface area contributed by atoms with E-state index >= 15 is 0 Å². The lowest BCUT2D eigenvalue weighted by Gasteiger charge is -2.29. The summed E-state index contributed by atoms with van der Waals surface area (Å²) in [6.45, 7) is 3.52. The maximum absolute atomic E-state index is 4.34. The first-order chi connectivity index (χ1) is 7.93. The monoisotopic (exact) mass is 219 g/mol. The van der Waals surface area contributed by atoms with Gasteiger partial charge in [-0.1, -0.05) is 6.42 Å². The van der Waals surface area contributed by atoms with Crippen LogP contribution in [0.2, 0.25) is 0 Å². The quantitative estimate of drug-likeness (QED) is 0.844. The zero-order valence-electron chi connectivity index (χ0n) is 9.86. The highest BCUT2D eigenvalue weighted by atomic mass is 15.1. The predicted octanol–water partition coefficient (Wildman–Crippen LogP) is 2.15. The molecule has 1 saturated heterocycles. The Kier molecular flexibility index (Phi) is 2.96. The second-order valence-corrected chi connectivity index (χ2v) is 5.31. The molecule has 0 spiro atoms. The van der Waals surface area contributed by atoms with Gasteiger partial charge in [0.2, 0.25) is 0 Å². The summed E-state index contributed by atoms with van der Waals surface area (Å²) in [6, 6.07) is 0. The second-order valence-electron chi connectivity index (χ2n) is 5.31. The number of hydrogen-bond acceptors (Lipinski definition) is 2. The van der Waals surface area contributed by atoms with Crippen molar-refractivity contribution in [1.82, 2.24) is 14.9 Å². The third kappa shape index (κ3) is 2.01. The van der Waals surface area contributed by atoms with Gasteiger partial charge in [0.25, 0.3) is 0 Å². The highest BCUT2D eigenvalue weighted by Crippen LogP contribution is 2.30. The van der Waals surface area contributed by atoms with Crippen LogP contribution in [0, 0.1) is 5.92 Å². The summed E-state index contributed by atoms with van der Waals surface area (Å²) in [5.41, 5.74) is 1.46. The van der Waals surface area contributed by atoms with Crippen LogP contribution in [0.4, 0.5) is 0 Å². The van der Waals surface area contributed by atoms with Crippen molar-refractivity contribution in [2.24, 2.45) is 5.92 Å². The Hall–Kier alpha value is -0.830. The molecule has 0 aromatic carbocycles. The second kappa shape index (κ2) is 4.58. The van der Waals surface area contributed by atoms with Crippen molar-refractivity contribution in [3.8, 4) is 0 Å². The third-order valence-electron chi connectivity index (χ3n) is 4.14. The van der Waals surface area contributed by atoms with Crippen LogP contribution in [0.5, 0.6) is 0 Å². The smallest absolute Gasteiger partial charge is 0.0948 e. The lowest BCUT2D eigenvalue weighted by Crippen LogP contribution is -2.30. The molecule has 0 bridgehead atoms. The SMILES string of the molecule is c1ncn(CC2CCC2)c1C1CCCNC1. The number of nitrogens with one attached hydrogen (secondary N) is 1. The van der Waals surface area contributed by atoms with E-state index in [2.05, 4.69) is 21.1 Å². The zero-order chi connectivity index (χ0) is 10.8. The van der Waals surface area contributed by atoms with Crippen molar-refractivity contribution < 1.29 is 0 Å². The lowest BCUT2D eigenvalue weighted by molar-refractivity contribution is 0.271. The molecule has 88 valence electrons. The number of nitrogens with zero attached hydrogens (tertiary/aromatic N) is 2. The Labute approximate surface area is 97.3 Å². The minimum Gasteiger partial charge on any atom is -0.334 e. The van der Waals surface area contributed by atoms with Crippen molar-refractivity contribution in [2.75, 3.05) is 13.1 Å². The van der Waals surface area contributed by atoms with E-state index in [9.17, 15) is 0 Å². The Bertz CT molecular complexity index is 335. The maximum atomic E-state index is 4.34. The Morgan fingerprint density at radius 3 is 2.94 bits per heavy atom. The van der Waals surface area contributed by atoms with Crippen LogP contribution in [0.3, 0.4) is 0 Å². The van der Waals surface area contributed by atoms with Crippen molar-refractivity contribution in [3.05, 3.63) is 18.2 Å². The highest BCUT2D eigenvalue weighted by molar-refractivity contribution is 5.08. The molecule has 1 aliphatic heterocycles. The van der Waals surface area contributed by atoms with E-state index in [0.717, 1.165) is 12.5 Å². The fourth-order valence-corrected chi connectivity index (χ4v) is 2.88. The molecular weight excluding hydrogens is 198 g/mol. The van der Waals surface area contributed by atoms with Gasteiger partial charge in [-0.25, -0.2) is 4.98 Å². The van der Waals surface area contributed by atoms with Gasteiger partial charge in [-0.05, 0) is 38.1 Å². The summed E-state index contributed by atoms with van der Waals surface area (Å²) in [5, 5.41) is 3.49. The summed E-state index contributed by atoms with van der Waals surface area (Å²) in [7, 11) is 0. The van der Waals surface area contributed by atoms with Crippen LogP contribution in [0.15, 0.2) is 12.5 Å². The van der Waals surface area contributed by atoms with Crippen LogP contribution in [-0.4, -0.2) is 22.6 Å². The van der Waals surface area contributed by atoms with Gasteiger partial charge >= 0.3 is 0 Å². The van der Waals surface area contributed by atoms with Crippen molar-refractivity contribution in [1.29, 1.82) is 0 Å². The van der Waals surface area contributed by atoms with Crippen LogP contribution in [0.25, 0.3) is 0 Å². The molecule has 1 atom stereocenters. The Balaban J connectivity index is 1.70. The molecule has 2 heterocycles. The van der Waals surface area contributed by atoms with Gasteiger partial charge in [0.1, 0.15) is 0 Å². The van der Waals surface area contributed by atoms with Gasteiger partial charge in [-0.15, -0.1) is 0 Å². The van der Waals surface area contributed by atoms with Crippen LogP contribution < -0.4 is 5.32 Å². The molecule has 1 N–H and O–H groups in total. The first kappa shape index (κ1) is 10.3. The summed E-state index contributed by atoms with van der Waals surface area (Å²) >= 11 is 0. The van der Waals surface area contributed by atoms with Crippen LogP contribution >= 0.6 is 0 Å². The van der Waals surface area contributed by atoms with Crippen molar-refractivity contribution >= 4 is 0 Å². The average Bonchev–Trinajstić information content (AvgIpc) is 2.73. The van der Waals surface area contributed by atoms with Gasteiger partial charge in [-0.2, -0.15) is 0 Å². The largest absolute Gasteiger partial charge is 0.334 e. The standard InChI is InChI=1S/C13H21N3/c1-3-11(4-1)9-16-10-15-8-13(16)12-5-2-6-14-7-12/h8,10-12,14H,1-7,9H2. The molecule has 1 aliphatic carbocycles. The van der Waals surface area contributed by atoms with E-state index < -0.39 is 0 Å². The van der Waals surface area contributed by atoms with Gasteiger partial charge in [0.15, 0.2) is 0 Å². The molecule has 1 aromatic rings. The van der Waals surface area contributed by atoms with E-state index in [-0.39, 0.29) is 0 Å². The fraction of sp³-hybridized carbons (Fsp3) is 0.769. The van der Waals surface area contributed by atoms with E-state index in [1.807, 2.05) is 6.33 Å². The number of imidazole rings is 1. The molecule has 3 rings (SSSR count). The van der Waals surface area contributed by atoms with Gasteiger partial charge in [0.05, 0.1) is 6.33 Å². The molecule has 3 heteroatoms. The summed E-state index contributed by atoms with van der Waals surface area (Å²) in [6.07, 6.45) is 11.0. The topological polar surface area (TPSA) is 29.9 Å². The predicted molar refractivity (Wildman–Crippen MR) is 64.4 cm³/mol. The third-order valence-corrected chi connectivity index (χ3v) is 4.14. The maximum Gasteiger partial charge on any atom is 0.0948 e. The molecule has 0 amide bonds. The van der Waals surface area contributed by atoms with E-state index in [1.54, 1.807) is 0 Å². The van der Waals surface area contributed by atoms with Gasteiger partial charge in [-0.3, -0.25) is 0 Å². The summed E-state index contributed by atoms with van der Waals surface area (Å²) < 4.78 is 2.40. The molecular formula is C13H21N3. The molecule has 1 aromatic heterocycles. The van der Waals surface area contributed by atoms with E-state index in [4.69, 9.17) is 0 Å². The van der Waals surface area contributed by atoms with Crippen molar-refractivity contribution in [3.63, 3.8) is 0 Å². The minimum absolute atomic E-state index is 0.691. The molecule has 1 unspecified atom stereocenters. The Morgan fingerprint density at radius 1 is 1.31 bits per heavy atom. The molecule has 3 nitrogen and oxygen atoms in total. The fourth-order valence-electron chi connectivity index (χ4n) is 2.88. The summed E-state index contributed by atoms with van der Waals surface area (Å²) in [5.74, 6) is 1.61. The number of rotatable bonds is 3. The number of piperidine rings is 1. The molecule has 1 saturated carbocycles. The molecule has 16 heavy (non-hydrogen) atoms. The Morgan fingerprint density at radius 2 is 2.25 bits per heavy atom. The van der Waals surface area contributed by atoms with Crippen LogP contribution in [0.1, 0.15) is 43.7 Å². The zero-order valence-corrected chi connectivity index (χ0v) is 9.86. The molecule has 0 radical (unpaired) electrons. The molecule has 2 fully saturated rings. The van der Waals surface area contributed by atoms with Crippen molar-refractivity contribution in [2.45, 2.75) is 44.6 Å². The van der Waals surface area contributed by atoms with E-state index in [0.29, 0.717) is 5.92 Å². The number of hydrogen-bond donors (Lipinski definition) is 1. The first-order valence-corrected chi connectivity index (χ1v) is 6.64. The van der Waals surface area contributed by atoms with Gasteiger partial charge in [0, 0.05) is 30.9 Å². The van der Waals surface area contributed by atoms with Gasteiger partial charge < -0.3 is 9.88 Å². The normalized spacial score (nSPS) is 26.6. The highest BCUT2D eigenvalue weighted by Gasteiger charge is 2.22. The molecule has 2 aliphatic rings. The lowest BCUT2D eigenvalue weighted by atomic mass is 9.85. The number of aromatic nitrogens is 2. The van der Waals surface area contributed by atoms with Crippen LogP contribution in [-0.2, 0) is 6.54 Å². The summed E-state index contributed by atoms with van der Waals surface area (Å²) in [4.78, 5) is 4.34. The average molecular weight is 219 g/mol. The minimum atomic E-state index is 0.691. The van der Waals surface area contributed by atoms with E-state index in [1.165, 1.54) is 50.9 Å².